The second kappa shape index (κ2) is 5.25. The van der Waals surface area contributed by atoms with Gasteiger partial charge in [-0.2, -0.15) is 5.10 Å². The van der Waals surface area contributed by atoms with Gasteiger partial charge in [0.15, 0.2) is 0 Å². The number of aryl methyl sites for hydroxylation is 1. The normalized spacial score (nSPS) is 10.7. The zero-order valence-electron chi connectivity index (χ0n) is 11.5. The van der Waals surface area contributed by atoms with Gasteiger partial charge in [0.2, 0.25) is 0 Å². The van der Waals surface area contributed by atoms with Crippen LogP contribution in [0.4, 0.5) is 0 Å². The van der Waals surface area contributed by atoms with Gasteiger partial charge in [-0.3, -0.25) is 4.68 Å². The van der Waals surface area contributed by atoms with Gasteiger partial charge in [-0.05, 0) is 31.2 Å². The van der Waals surface area contributed by atoms with E-state index in [1.54, 1.807) is 6.26 Å². The predicted molar refractivity (Wildman–Crippen MR) is 76.4 cm³/mol. The van der Waals surface area contributed by atoms with Crippen molar-refractivity contribution in [2.24, 2.45) is 7.05 Å². The summed E-state index contributed by atoms with van der Waals surface area (Å²) in [5.74, 6) is 1.62. The number of furan rings is 1. The molecule has 0 spiro atoms. The van der Waals surface area contributed by atoms with Gasteiger partial charge in [0, 0.05) is 18.3 Å². The molecule has 3 aromatic rings. The Hall–Kier alpha value is -2.49. The van der Waals surface area contributed by atoms with Crippen LogP contribution in [0.1, 0.15) is 11.3 Å². The van der Waals surface area contributed by atoms with Gasteiger partial charge in [-0.1, -0.05) is 12.1 Å². The summed E-state index contributed by atoms with van der Waals surface area (Å²) in [6.07, 6.45) is 3.50. The van der Waals surface area contributed by atoms with Crippen LogP contribution in [0.15, 0.2) is 53.3 Å². The molecule has 0 N–H and O–H groups in total. The lowest BCUT2D eigenvalue weighted by Crippen LogP contribution is -1.99. The maximum atomic E-state index is 5.93. The van der Waals surface area contributed by atoms with Gasteiger partial charge in [0.1, 0.15) is 18.1 Å². The molecular formula is C16H16N2O2. The Morgan fingerprint density at radius 3 is 2.75 bits per heavy atom. The molecule has 20 heavy (non-hydrogen) atoms. The Labute approximate surface area is 117 Å². The van der Waals surface area contributed by atoms with E-state index < -0.39 is 0 Å². The van der Waals surface area contributed by atoms with Crippen molar-refractivity contribution in [3.63, 3.8) is 0 Å². The van der Waals surface area contributed by atoms with Crippen LogP contribution in [0.25, 0.3) is 11.3 Å². The summed E-state index contributed by atoms with van der Waals surface area (Å²) >= 11 is 0. The van der Waals surface area contributed by atoms with Crippen LogP contribution in [0.5, 0.6) is 5.75 Å². The Morgan fingerprint density at radius 1 is 1.20 bits per heavy atom. The molecule has 2 heterocycles. The van der Waals surface area contributed by atoms with Gasteiger partial charge >= 0.3 is 0 Å². The summed E-state index contributed by atoms with van der Waals surface area (Å²) < 4.78 is 13.2. The Bertz CT molecular complexity index is 699. The average Bonchev–Trinajstić information content (AvgIpc) is 3.10. The lowest BCUT2D eigenvalue weighted by molar-refractivity contribution is 0.306. The van der Waals surface area contributed by atoms with Crippen LogP contribution < -0.4 is 4.74 Å². The molecule has 0 bridgehead atoms. The number of hydrogen-bond acceptors (Lipinski definition) is 3. The summed E-state index contributed by atoms with van der Waals surface area (Å²) in [5, 5.41) is 4.22. The molecule has 0 unspecified atom stereocenters. The second-order valence-corrected chi connectivity index (χ2v) is 4.64. The maximum Gasteiger partial charge on any atom is 0.137 e. The van der Waals surface area contributed by atoms with E-state index in [4.69, 9.17) is 9.15 Å². The van der Waals surface area contributed by atoms with Gasteiger partial charge in [-0.25, -0.2) is 0 Å². The first kappa shape index (κ1) is 12.5. The minimum atomic E-state index is 0.497. The van der Waals surface area contributed by atoms with E-state index in [0.717, 1.165) is 28.3 Å². The molecule has 0 aliphatic carbocycles. The minimum Gasteiger partial charge on any atom is -0.488 e. The van der Waals surface area contributed by atoms with Crippen LogP contribution in [0.3, 0.4) is 0 Å². The first-order valence-electron chi connectivity index (χ1n) is 6.49. The Kier molecular flexibility index (Phi) is 3.29. The fourth-order valence-corrected chi connectivity index (χ4v) is 2.07. The molecule has 0 aliphatic heterocycles. The Morgan fingerprint density at radius 2 is 2.05 bits per heavy atom. The molecule has 3 rings (SSSR count). The summed E-state index contributed by atoms with van der Waals surface area (Å²) in [6.45, 7) is 2.53. The largest absolute Gasteiger partial charge is 0.488 e. The molecule has 102 valence electrons. The van der Waals surface area contributed by atoms with E-state index in [9.17, 15) is 0 Å². The third-order valence-electron chi connectivity index (χ3n) is 3.39. The van der Waals surface area contributed by atoms with Crippen molar-refractivity contribution >= 4 is 0 Å². The van der Waals surface area contributed by atoms with E-state index >= 15 is 0 Å². The number of hydrogen-bond donors (Lipinski definition) is 0. The number of ether oxygens (including phenoxy) is 1. The number of benzene rings is 1. The van der Waals surface area contributed by atoms with E-state index in [1.807, 2.05) is 61.2 Å². The SMILES string of the molecule is Cc1c(COc2ccccc2-c2ccco2)cnn1C. The van der Waals surface area contributed by atoms with E-state index in [2.05, 4.69) is 5.10 Å². The average molecular weight is 268 g/mol. The van der Waals surface area contributed by atoms with Gasteiger partial charge in [0.25, 0.3) is 0 Å². The van der Waals surface area contributed by atoms with Crippen LogP contribution >= 0.6 is 0 Å². The third kappa shape index (κ3) is 2.32. The molecule has 0 aliphatic rings. The number of para-hydroxylation sites is 1. The summed E-state index contributed by atoms with van der Waals surface area (Å²) in [6, 6.07) is 11.7. The monoisotopic (exact) mass is 268 g/mol. The highest BCUT2D eigenvalue weighted by Gasteiger charge is 2.10. The highest BCUT2D eigenvalue weighted by molar-refractivity contribution is 5.65. The van der Waals surface area contributed by atoms with Gasteiger partial charge < -0.3 is 9.15 Å². The molecule has 0 atom stereocenters. The molecule has 1 aromatic carbocycles. The predicted octanol–water partition coefficient (Wildman–Crippen LogP) is 3.57. The number of aromatic nitrogens is 2. The summed E-state index contributed by atoms with van der Waals surface area (Å²) in [7, 11) is 1.93. The standard InChI is InChI=1S/C16H16N2O2/c1-12-13(10-17-18(12)2)11-20-16-7-4-3-6-14(16)15-8-5-9-19-15/h3-10H,11H2,1-2H3. The van der Waals surface area contributed by atoms with Crippen molar-refractivity contribution in [3.8, 4) is 17.1 Å². The van der Waals surface area contributed by atoms with Crippen LogP contribution in [-0.2, 0) is 13.7 Å². The van der Waals surface area contributed by atoms with Crippen LogP contribution in [0.2, 0.25) is 0 Å². The third-order valence-corrected chi connectivity index (χ3v) is 3.39. The lowest BCUT2D eigenvalue weighted by Gasteiger charge is -2.09. The maximum absolute atomic E-state index is 5.93. The molecule has 0 fully saturated rings. The molecule has 0 amide bonds. The number of rotatable bonds is 4. The van der Waals surface area contributed by atoms with Gasteiger partial charge in [-0.15, -0.1) is 0 Å². The van der Waals surface area contributed by atoms with Crippen molar-refractivity contribution in [2.45, 2.75) is 13.5 Å². The zero-order chi connectivity index (χ0) is 13.9. The summed E-state index contributed by atoms with van der Waals surface area (Å²) in [4.78, 5) is 0. The van der Waals surface area contributed by atoms with Crippen molar-refractivity contribution in [1.29, 1.82) is 0 Å². The first-order chi connectivity index (χ1) is 9.75. The van der Waals surface area contributed by atoms with E-state index in [1.165, 1.54) is 0 Å². The van der Waals surface area contributed by atoms with E-state index in [-0.39, 0.29) is 0 Å². The molecule has 0 radical (unpaired) electrons. The van der Waals surface area contributed by atoms with Crippen molar-refractivity contribution in [3.05, 3.63) is 60.1 Å². The lowest BCUT2D eigenvalue weighted by atomic mass is 10.1. The van der Waals surface area contributed by atoms with Crippen LogP contribution in [0, 0.1) is 6.92 Å². The van der Waals surface area contributed by atoms with Crippen LogP contribution in [-0.4, -0.2) is 9.78 Å². The van der Waals surface area contributed by atoms with Crippen molar-refractivity contribution in [1.82, 2.24) is 9.78 Å². The van der Waals surface area contributed by atoms with E-state index in [0.29, 0.717) is 6.61 Å². The highest BCUT2D eigenvalue weighted by atomic mass is 16.5. The molecule has 4 heteroatoms. The quantitative estimate of drug-likeness (QED) is 0.726. The van der Waals surface area contributed by atoms with Gasteiger partial charge in [0.05, 0.1) is 18.0 Å². The zero-order valence-corrected chi connectivity index (χ0v) is 11.5. The number of nitrogens with zero attached hydrogens (tertiary/aromatic N) is 2. The molecule has 4 nitrogen and oxygen atoms in total. The molecule has 0 saturated heterocycles. The smallest absolute Gasteiger partial charge is 0.137 e. The fourth-order valence-electron chi connectivity index (χ4n) is 2.07. The van der Waals surface area contributed by atoms with Crippen molar-refractivity contribution < 1.29 is 9.15 Å². The molecule has 2 aromatic heterocycles. The highest BCUT2D eigenvalue weighted by Crippen LogP contribution is 2.30. The summed E-state index contributed by atoms with van der Waals surface area (Å²) in [5.41, 5.74) is 3.15. The fraction of sp³-hybridized carbons (Fsp3) is 0.188. The molecule has 0 saturated carbocycles. The minimum absolute atomic E-state index is 0.497. The Balaban J connectivity index is 1.83. The topological polar surface area (TPSA) is 40.2 Å². The first-order valence-corrected chi connectivity index (χ1v) is 6.49. The molecular weight excluding hydrogens is 252 g/mol. The van der Waals surface area contributed by atoms with Crippen molar-refractivity contribution in [2.75, 3.05) is 0 Å². The second-order valence-electron chi connectivity index (χ2n) is 4.64.